The first-order valence-corrected chi connectivity index (χ1v) is 10.3. The number of ether oxygens (including phenoxy) is 1. The van der Waals surface area contributed by atoms with Crippen LogP contribution >= 0.6 is 0 Å². The van der Waals surface area contributed by atoms with E-state index in [4.69, 9.17) is 4.74 Å². The van der Waals surface area contributed by atoms with Crippen molar-refractivity contribution in [2.75, 3.05) is 36.7 Å². The van der Waals surface area contributed by atoms with Gasteiger partial charge < -0.3 is 15.0 Å². The highest BCUT2D eigenvalue weighted by Gasteiger charge is 2.29. The summed E-state index contributed by atoms with van der Waals surface area (Å²) in [5.74, 6) is -1.48. The number of halogens is 1. The lowest BCUT2D eigenvalue weighted by Gasteiger charge is -2.41. The number of hydrogen-bond acceptors (Lipinski definition) is 7. The quantitative estimate of drug-likeness (QED) is 0.334. The maximum Gasteiger partial charge on any atom is 0.343 e. The normalized spacial score (nSPS) is 13.6. The van der Waals surface area contributed by atoms with Crippen molar-refractivity contribution in [1.82, 2.24) is 15.0 Å². The molecule has 3 aromatic rings. The molecule has 1 fully saturated rings. The summed E-state index contributed by atoms with van der Waals surface area (Å²) in [6, 6.07) is 4.21. The molecule has 1 aliphatic heterocycles. The van der Waals surface area contributed by atoms with Crippen LogP contribution in [0.3, 0.4) is 0 Å². The zero-order valence-electron chi connectivity index (χ0n) is 18.3. The highest BCUT2D eigenvalue weighted by atomic mass is 19.1. The molecule has 1 aliphatic rings. The fraction of sp³-hybridized carbons (Fsp3) is 0.318. The van der Waals surface area contributed by atoms with Crippen LogP contribution in [0.2, 0.25) is 0 Å². The molecule has 2 amide bonds. The number of hydrogen-bond donors (Lipinski definition) is 1. The first-order chi connectivity index (χ1) is 15.7. The Morgan fingerprint density at radius 2 is 2.06 bits per heavy atom. The number of pyridine rings is 2. The van der Waals surface area contributed by atoms with Crippen LogP contribution < -0.4 is 20.7 Å². The third kappa shape index (κ3) is 3.97. The van der Waals surface area contributed by atoms with Crippen molar-refractivity contribution in [2.24, 2.45) is 0 Å². The predicted octanol–water partition coefficient (Wildman–Crippen LogP) is 0.914. The molecular weight excluding hydrogens is 433 g/mol. The summed E-state index contributed by atoms with van der Waals surface area (Å²) in [7, 11) is 1.44. The zero-order chi connectivity index (χ0) is 23.9. The van der Waals surface area contributed by atoms with Crippen LogP contribution in [-0.2, 0) is 14.3 Å². The van der Waals surface area contributed by atoms with E-state index in [9.17, 15) is 23.6 Å². The SMILES string of the molecule is CCOC(=O)c1cn(N(C)C=O)c2nc3cc(N4CC(NC(C)=O)C4)c(F)cc3cc2c1=O. The van der Waals surface area contributed by atoms with Gasteiger partial charge >= 0.3 is 5.97 Å². The first kappa shape index (κ1) is 22.2. The van der Waals surface area contributed by atoms with Crippen molar-refractivity contribution in [2.45, 2.75) is 19.9 Å². The Morgan fingerprint density at radius 1 is 1.33 bits per heavy atom. The van der Waals surface area contributed by atoms with Crippen molar-refractivity contribution >= 4 is 45.9 Å². The lowest BCUT2D eigenvalue weighted by molar-refractivity contribution is -0.119. The number of aromatic nitrogens is 2. The van der Waals surface area contributed by atoms with Crippen LogP contribution in [0.25, 0.3) is 21.9 Å². The zero-order valence-corrected chi connectivity index (χ0v) is 18.3. The summed E-state index contributed by atoms with van der Waals surface area (Å²) in [6.07, 6.45) is 1.71. The summed E-state index contributed by atoms with van der Waals surface area (Å²) < 4.78 is 21.1. The molecule has 1 saturated heterocycles. The van der Waals surface area contributed by atoms with Crippen molar-refractivity contribution in [3.05, 3.63) is 46.0 Å². The molecule has 0 aliphatic carbocycles. The van der Waals surface area contributed by atoms with Gasteiger partial charge in [0.05, 0.1) is 29.2 Å². The summed E-state index contributed by atoms with van der Waals surface area (Å²) in [4.78, 5) is 54.2. The van der Waals surface area contributed by atoms with E-state index >= 15 is 0 Å². The molecule has 0 spiro atoms. The molecule has 3 heterocycles. The molecule has 172 valence electrons. The number of rotatable bonds is 6. The van der Waals surface area contributed by atoms with Gasteiger partial charge in [-0.25, -0.2) is 18.8 Å². The number of carbonyl (C=O) groups is 3. The summed E-state index contributed by atoms with van der Waals surface area (Å²) in [5, 5.41) is 4.32. The number of nitrogens with zero attached hydrogens (tertiary/aromatic N) is 4. The Hall–Kier alpha value is -4.02. The number of amides is 2. The van der Waals surface area contributed by atoms with E-state index < -0.39 is 17.2 Å². The second-order valence-electron chi connectivity index (χ2n) is 7.77. The highest BCUT2D eigenvalue weighted by molar-refractivity contribution is 5.98. The minimum atomic E-state index is -0.828. The Bertz CT molecular complexity index is 1350. The standard InChI is InChI=1S/C22H22FN5O5/c1-4-33-22(32)16-10-28(26(3)11-29)21-15(20(16)31)5-13-6-17(23)19(7-18(13)25-21)27-8-14(9-27)24-12(2)30/h5-7,10-11,14H,4,8-9H2,1-3H3,(H,24,30). The van der Waals surface area contributed by atoms with Gasteiger partial charge in [-0.3, -0.25) is 19.4 Å². The molecule has 0 unspecified atom stereocenters. The molecule has 1 N–H and O–H groups in total. The molecule has 10 nitrogen and oxygen atoms in total. The Morgan fingerprint density at radius 3 is 2.70 bits per heavy atom. The van der Waals surface area contributed by atoms with Gasteiger partial charge in [0.15, 0.2) is 5.65 Å². The maximum atomic E-state index is 14.9. The van der Waals surface area contributed by atoms with Crippen LogP contribution in [-0.4, -0.2) is 60.7 Å². The lowest BCUT2D eigenvalue weighted by Crippen LogP contribution is -2.59. The number of benzene rings is 1. The predicted molar refractivity (Wildman–Crippen MR) is 119 cm³/mol. The fourth-order valence-electron chi connectivity index (χ4n) is 3.84. The summed E-state index contributed by atoms with van der Waals surface area (Å²) in [6.45, 7) is 4.02. The van der Waals surface area contributed by atoms with E-state index in [0.29, 0.717) is 36.1 Å². The number of anilines is 1. The molecule has 0 atom stereocenters. The average molecular weight is 455 g/mol. The molecule has 0 radical (unpaired) electrons. The van der Waals surface area contributed by atoms with Crippen LogP contribution in [0.4, 0.5) is 10.1 Å². The lowest BCUT2D eigenvalue weighted by atomic mass is 10.1. The second-order valence-corrected chi connectivity index (χ2v) is 7.77. The minimum absolute atomic E-state index is 0.0450. The molecule has 11 heteroatoms. The largest absolute Gasteiger partial charge is 0.462 e. The molecule has 0 bridgehead atoms. The summed E-state index contributed by atoms with van der Waals surface area (Å²) in [5.41, 5.74) is -0.0398. The molecule has 2 aromatic heterocycles. The van der Waals surface area contributed by atoms with Crippen LogP contribution in [0.1, 0.15) is 24.2 Å². The number of fused-ring (bicyclic) bond motifs is 2. The molecular formula is C22H22FN5O5. The van der Waals surface area contributed by atoms with Gasteiger partial charge in [-0.15, -0.1) is 0 Å². The van der Waals surface area contributed by atoms with E-state index in [0.717, 1.165) is 5.01 Å². The molecule has 1 aromatic carbocycles. The average Bonchev–Trinajstić information content (AvgIpc) is 2.74. The Kier molecular flexibility index (Phi) is 5.71. The Labute approximate surface area is 187 Å². The third-order valence-electron chi connectivity index (χ3n) is 5.44. The van der Waals surface area contributed by atoms with E-state index in [1.54, 1.807) is 17.9 Å². The Balaban J connectivity index is 1.85. The van der Waals surface area contributed by atoms with Gasteiger partial charge in [-0.2, -0.15) is 0 Å². The van der Waals surface area contributed by atoms with Crippen molar-refractivity contribution in [3.63, 3.8) is 0 Å². The van der Waals surface area contributed by atoms with Gasteiger partial charge in [-0.05, 0) is 25.1 Å². The van der Waals surface area contributed by atoms with Gasteiger partial charge in [-0.1, -0.05) is 0 Å². The minimum Gasteiger partial charge on any atom is -0.462 e. The molecule has 33 heavy (non-hydrogen) atoms. The molecule has 4 rings (SSSR count). The fourth-order valence-corrected chi connectivity index (χ4v) is 3.84. The highest BCUT2D eigenvalue weighted by Crippen LogP contribution is 2.29. The van der Waals surface area contributed by atoms with Gasteiger partial charge in [0.25, 0.3) is 0 Å². The van der Waals surface area contributed by atoms with Gasteiger partial charge in [0, 0.05) is 38.6 Å². The van der Waals surface area contributed by atoms with Crippen molar-refractivity contribution in [3.8, 4) is 0 Å². The monoisotopic (exact) mass is 455 g/mol. The van der Waals surface area contributed by atoms with E-state index in [2.05, 4.69) is 10.3 Å². The van der Waals surface area contributed by atoms with E-state index in [-0.39, 0.29) is 35.2 Å². The van der Waals surface area contributed by atoms with Crippen molar-refractivity contribution < 1.29 is 23.5 Å². The van der Waals surface area contributed by atoms with E-state index in [1.807, 2.05) is 0 Å². The second kappa shape index (κ2) is 8.49. The first-order valence-electron chi connectivity index (χ1n) is 10.3. The number of carbonyl (C=O) groups excluding carboxylic acids is 3. The van der Waals surface area contributed by atoms with Crippen LogP contribution in [0.5, 0.6) is 0 Å². The van der Waals surface area contributed by atoms with Crippen LogP contribution in [0.15, 0.2) is 29.2 Å². The summed E-state index contributed by atoms with van der Waals surface area (Å²) >= 11 is 0. The molecule has 0 saturated carbocycles. The number of esters is 1. The van der Waals surface area contributed by atoms with Gasteiger partial charge in [0.1, 0.15) is 11.4 Å². The third-order valence-corrected chi connectivity index (χ3v) is 5.44. The van der Waals surface area contributed by atoms with Crippen molar-refractivity contribution in [1.29, 1.82) is 0 Å². The van der Waals surface area contributed by atoms with E-state index in [1.165, 1.54) is 37.0 Å². The van der Waals surface area contributed by atoms with Gasteiger partial charge in [0.2, 0.25) is 17.7 Å². The van der Waals surface area contributed by atoms with Crippen LogP contribution in [0, 0.1) is 5.82 Å². The number of nitrogens with one attached hydrogen (secondary N) is 1. The maximum absolute atomic E-state index is 14.9. The smallest absolute Gasteiger partial charge is 0.343 e. The topological polar surface area (TPSA) is 114 Å².